The number of hydrogen-bond donors (Lipinski definition) is 3. The van der Waals surface area contributed by atoms with E-state index in [9.17, 15) is 9.59 Å². The van der Waals surface area contributed by atoms with E-state index in [-0.39, 0.29) is 17.9 Å². The van der Waals surface area contributed by atoms with E-state index in [0.29, 0.717) is 6.54 Å². The van der Waals surface area contributed by atoms with Gasteiger partial charge >= 0.3 is 6.09 Å². The smallest absolute Gasteiger partial charge is 0.404 e. The molecule has 0 saturated carbocycles. The lowest BCUT2D eigenvalue weighted by atomic mass is 9.76. The molecule has 0 radical (unpaired) electrons. The van der Waals surface area contributed by atoms with Gasteiger partial charge in [0, 0.05) is 0 Å². The van der Waals surface area contributed by atoms with Crippen LogP contribution in [0.2, 0.25) is 0 Å². The number of amides is 2. The lowest BCUT2D eigenvalue weighted by Crippen LogP contribution is -2.48. The number of nitrogens with one attached hydrogen (secondary N) is 2. The standard InChI is InChI=1S/C11H21N3O3/c1-2-11(3-5-13-6-4-11)9(15)14-7-8-17-10(12)16/h13H,2-8H2,1H3,(H2,12,16)(H,14,15). The van der Waals surface area contributed by atoms with Crippen LogP contribution < -0.4 is 16.4 Å². The Morgan fingerprint density at radius 2 is 2.06 bits per heavy atom. The van der Waals surface area contributed by atoms with Gasteiger partial charge in [-0.15, -0.1) is 0 Å². The first kappa shape index (κ1) is 13.8. The molecular weight excluding hydrogens is 222 g/mol. The first-order valence-electron chi connectivity index (χ1n) is 6.02. The van der Waals surface area contributed by atoms with Crippen molar-refractivity contribution in [1.82, 2.24) is 10.6 Å². The van der Waals surface area contributed by atoms with Crippen LogP contribution in [0.25, 0.3) is 0 Å². The largest absolute Gasteiger partial charge is 0.448 e. The number of carbonyl (C=O) groups excluding carboxylic acids is 2. The van der Waals surface area contributed by atoms with Crippen molar-refractivity contribution in [3.63, 3.8) is 0 Å². The highest BCUT2D eigenvalue weighted by molar-refractivity contribution is 5.82. The number of nitrogens with two attached hydrogens (primary N) is 1. The molecule has 1 rings (SSSR count). The van der Waals surface area contributed by atoms with Gasteiger partial charge in [0.05, 0.1) is 12.0 Å². The van der Waals surface area contributed by atoms with Crippen molar-refractivity contribution in [2.45, 2.75) is 26.2 Å². The average molecular weight is 243 g/mol. The maximum atomic E-state index is 12.1. The molecule has 0 unspecified atom stereocenters. The Morgan fingerprint density at radius 1 is 1.41 bits per heavy atom. The molecule has 98 valence electrons. The summed E-state index contributed by atoms with van der Waals surface area (Å²) in [6.45, 7) is 4.22. The van der Waals surface area contributed by atoms with E-state index >= 15 is 0 Å². The Bertz CT molecular complexity index is 275. The van der Waals surface area contributed by atoms with Gasteiger partial charge in [0.2, 0.25) is 5.91 Å². The quantitative estimate of drug-likeness (QED) is 0.591. The zero-order valence-electron chi connectivity index (χ0n) is 10.3. The van der Waals surface area contributed by atoms with Gasteiger partial charge in [-0.2, -0.15) is 0 Å². The third-order valence-electron chi connectivity index (χ3n) is 3.35. The monoisotopic (exact) mass is 243 g/mol. The topological polar surface area (TPSA) is 93.4 Å². The molecule has 0 bridgehead atoms. The van der Waals surface area contributed by atoms with Crippen molar-refractivity contribution in [2.24, 2.45) is 11.1 Å². The van der Waals surface area contributed by atoms with E-state index in [4.69, 9.17) is 5.73 Å². The van der Waals surface area contributed by atoms with Gasteiger partial charge in [-0.05, 0) is 32.4 Å². The molecular formula is C11H21N3O3. The Kier molecular flexibility index (Phi) is 5.21. The minimum Gasteiger partial charge on any atom is -0.448 e. The van der Waals surface area contributed by atoms with Crippen molar-refractivity contribution in [3.05, 3.63) is 0 Å². The summed E-state index contributed by atoms with van der Waals surface area (Å²) >= 11 is 0. The first-order valence-corrected chi connectivity index (χ1v) is 6.02. The summed E-state index contributed by atoms with van der Waals surface area (Å²) in [5, 5.41) is 6.05. The Balaban J connectivity index is 2.36. The molecule has 6 heteroatoms. The lowest BCUT2D eigenvalue weighted by molar-refractivity contribution is -0.133. The number of hydrogen-bond acceptors (Lipinski definition) is 4. The Labute approximate surface area is 101 Å². The van der Waals surface area contributed by atoms with Gasteiger partial charge in [-0.25, -0.2) is 4.79 Å². The number of carbonyl (C=O) groups is 2. The fourth-order valence-electron chi connectivity index (χ4n) is 2.15. The summed E-state index contributed by atoms with van der Waals surface area (Å²) in [6.07, 6.45) is 1.72. The van der Waals surface area contributed by atoms with Gasteiger partial charge < -0.3 is 21.1 Å². The molecule has 0 aromatic rings. The zero-order valence-corrected chi connectivity index (χ0v) is 10.3. The van der Waals surface area contributed by atoms with Gasteiger partial charge in [0.1, 0.15) is 6.61 Å². The minimum atomic E-state index is -0.814. The van der Waals surface area contributed by atoms with Gasteiger partial charge in [0.25, 0.3) is 0 Å². The molecule has 1 aliphatic rings. The molecule has 0 aromatic heterocycles. The van der Waals surface area contributed by atoms with Crippen molar-refractivity contribution < 1.29 is 14.3 Å². The summed E-state index contributed by atoms with van der Waals surface area (Å²) < 4.78 is 4.56. The van der Waals surface area contributed by atoms with E-state index in [0.717, 1.165) is 32.4 Å². The predicted molar refractivity (Wildman–Crippen MR) is 63.4 cm³/mol. The second-order valence-electron chi connectivity index (χ2n) is 4.31. The Morgan fingerprint density at radius 3 is 2.59 bits per heavy atom. The lowest BCUT2D eigenvalue weighted by Gasteiger charge is -2.35. The summed E-state index contributed by atoms with van der Waals surface area (Å²) in [6, 6.07) is 0. The second-order valence-corrected chi connectivity index (χ2v) is 4.31. The molecule has 0 aliphatic carbocycles. The van der Waals surface area contributed by atoms with Gasteiger partial charge in [-0.3, -0.25) is 4.79 Å². The van der Waals surface area contributed by atoms with Crippen LogP contribution in [0.3, 0.4) is 0 Å². The van der Waals surface area contributed by atoms with E-state index in [2.05, 4.69) is 15.4 Å². The first-order chi connectivity index (χ1) is 8.10. The van der Waals surface area contributed by atoms with Gasteiger partial charge in [0.15, 0.2) is 0 Å². The summed E-state index contributed by atoms with van der Waals surface area (Å²) in [5.41, 5.74) is 4.56. The average Bonchev–Trinajstić information content (AvgIpc) is 2.35. The number of ether oxygens (including phenoxy) is 1. The van der Waals surface area contributed by atoms with Crippen molar-refractivity contribution in [1.29, 1.82) is 0 Å². The van der Waals surface area contributed by atoms with Crippen LogP contribution in [0, 0.1) is 5.41 Å². The maximum absolute atomic E-state index is 12.1. The summed E-state index contributed by atoms with van der Waals surface area (Å²) in [7, 11) is 0. The highest BCUT2D eigenvalue weighted by Gasteiger charge is 2.37. The molecule has 2 amide bonds. The molecule has 0 aromatic carbocycles. The molecule has 4 N–H and O–H groups in total. The highest BCUT2D eigenvalue weighted by atomic mass is 16.5. The van der Waals surface area contributed by atoms with Crippen LogP contribution in [0.4, 0.5) is 4.79 Å². The number of primary amides is 1. The van der Waals surface area contributed by atoms with E-state index in [1.54, 1.807) is 0 Å². The molecule has 6 nitrogen and oxygen atoms in total. The Hall–Kier alpha value is -1.30. The summed E-state index contributed by atoms with van der Waals surface area (Å²) in [5.74, 6) is 0.0505. The molecule has 0 atom stereocenters. The van der Waals surface area contributed by atoms with Crippen LogP contribution in [0.5, 0.6) is 0 Å². The van der Waals surface area contributed by atoms with Crippen molar-refractivity contribution >= 4 is 12.0 Å². The van der Waals surface area contributed by atoms with Crippen LogP contribution in [-0.4, -0.2) is 38.2 Å². The van der Waals surface area contributed by atoms with Crippen LogP contribution in [-0.2, 0) is 9.53 Å². The molecule has 17 heavy (non-hydrogen) atoms. The van der Waals surface area contributed by atoms with Gasteiger partial charge in [-0.1, -0.05) is 6.92 Å². The third kappa shape index (κ3) is 3.89. The number of piperidine rings is 1. The third-order valence-corrected chi connectivity index (χ3v) is 3.35. The van der Waals surface area contributed by atoms with Crippen LogP contribution in [0.15, 0.2) is 0 Å². The van der Waals surface area contributed by atoms with Crippen LogP contribution in [0.1, 0.15) is 26.2 Å². The highest BCUT2D eigenvalue weighted by Crippen LogP contribution is 2.32. The van der Waals surface area contributed by atoms with E-state index < -0.39 is 6.09 Å². The second kappa shape index (κ2) is 6.44. The van der Waals surface area contributed by atoms with E-state index in [1.165, 1.54) is 0 Å². The molecule has 1 heterocycles. The van der Waals surface area contributed by atoms with Crippen molar-refractivity contribution in [2.75, 3.05) is 26.2 Å². The maximum Gasteiger partial charge on any atom is 0.404 e. The molecule has 1 aliphatic heterocycles. The molecule has 1 fully saturated rings. The van der Waals surface area contributed by atoms with Crippen molar-refractivity contribution in [3.8, 4) is 0 Å². The fourth-order valence-corrected chi connectivity index (χ4v) is 2.15. The summed E-state index contributed by atoms with van der Waals surface area (Å²) in [4.78, 5) is 22.4. The minimum absolute atomic E-state index is 0.0505. The number of rotatable bonds is 5. The zero-order chi connectivity index (χ0) is 12.7. The molecule has 1 saturated heterocycles. The van der Waals surface area contributed by atoms with Crippen LogP contribution >= 0.6 is 0 Å². The SMILES string of the molecule is CCC1(C(=O)NCCOC(N)=O)CCNCC1. The molecule has 0 spiro atoms. The predicted octanol–water partition coefficient (Wildman–Crippen LogP) is -0.0223. The fraction of sp³-hybridized carbons (Fsp3) is 0.818. The van der Waals surface area contributed by atoms with E-state index in [1.807, 2.05) is 6.92 Å². The normalized spacial score (nSPS) is 18.4.